The molecule has 0 unspecified atom stereocenters. The Hall–Kier alpha value is -1.33. The van der Waals surface area contributed by atoms with Crippen LogP contribution in [0.5, 0.6) is 0 Å². The van der Waals surface area contributed by atoms with Gasteiger partial charge in [0.1, 0.15) is 5.01 Å². The molecule has 2 aromatic rings. The molecule has 0 aliphatic rings. The van der Waals surface area contributed by atoms with Crippen molar-refractivity contribution >= 4 is 11.3 Å². The van der Waals surface area contributed by atoms with Gasteiger partial charge in [0.05, 0.1) is 5.69 Å². The van der Waals surface area contributed by atoms with E-state index >= 15 is 0 Å². The van der Waals surface area contributed by atoms with Crippen LogP contribution in [0.4, 0.5) is 8.78 Å². The van der Waals surface area contributed by atoms with Gasteiger partial charge in [-0.15, -0.1) is 11.3 Å². The molecule has 0 spiro atoms. The van der Waals surface area contributed by atoms with Crippen LogP contribution in [0.25, 0.3) is 10.6 Å². The zero-order chi connectivity index (χ0) is 13.1. The van der Waals surface area contributed by atoms with Gasteiger partial charge in [-0.25, -0.2) is 13.8 Å². The first-order valence-corrected chi connectivity index (χ1v) is 6.57. The van der Waals surface area contributed by atoms with E-state index in [9.17, 15) is 8.78 Å². The van der Waals surface area contributed by atoms with Gasteiger partial charge in [0.2, 0.25) is 0 Å². The molecule has 18 heavy (non-hydrogen) atoms. The number of thiazole rings is 1. The van der Waals surface area contributed by atoms with E-state index in [1.807, 2.05) is 5.38 Å². The highest BCUT2D eigenvalue weighted by Gasteiger charge is 2.08. The second-order valence-electron chi connectivity index (χ2n) is 4.31. The van der Waals surface area contributed by atoms with Crippen molar-refractivity contribution in [1.82, 2.24) is 10.3 Å². The van der Waals surface area contributed by atoms with Gasteiger partial charge in [-0.3, -0.25) is 0 Å². The van der Waals surface area contributed by atoms with E-state index in [-0.39, 0.29) is 0 Å². The molecule has 0 fully saturated rings. The molecule has 0 saturated carbocycles. The lowest BCUT2D eigenvalue weighted by Crippen LogP contribution is -2.21. The molecular weight excluding hydrogens is 254 g/mol. The predicted octanol–water partition coefficient (Wildman–Crippen LogP) is 3.59. The maximum absolute atomic E-state index is 13.1. The van der Waals surface area contributed by atoms with Crippen LogP contribution in [0.2, 0.25) is 0 Å². The number of hydrogen-bond donors (Lipinski definition) is 1. The number of benzene rings is 1. The Kier molecular flexibility index (Phi) is 4.04. The largest absolute Gasteiger partial charge is 0.309 e. The summed E-state index contributed by atoms with van der Waals surface area (Å²) in [6, 6.07) is 4.22. The lowest BCUT2D eigenvalue weighted by Gasteiger charge is -2.04. The lowest BCUT2D eigenvalue weighted by atomic mass is 10.2. The van der Waals surface area contributed by atoms with E-state index in [0.29, 0.717) is 23.2 Å². The first-order chi connectivity index (χ1) is 8.56. The van der Waals surface area contributed by atoms with E-state index < -0.39 is 11.6 Å². The third-order valence-electron chi connectivity index (χ3n) is 2.41. The summed E-state index contributed by atoms with van der Waals surface area (Å²) in [7, 11) is 0. The average Bonchev–Trinajstić information content (AvgIpc) is 2.79. The zero-order valence-corrected chi connectivity index (χ0v) is 11.0. The fourth-order valence-corrected chi connectivity index (χ4v) is 2.28. The summed E-state index contributed by atoms with van der Waals surface area (Å²) in [5.74, 6) is -1.68. The van der Waals surface area contributed by atoms with E-state index in [0.717, 1.165) is 11.8 Å². The maximum atomic E-state index is 13.1. The Morgan fingerprint density at radius 3 is 2.72 bits per heavy atom. The summed E-state index contributed by atoms with van der Waals surface area (Å²) in [4.78, 5) is 4.39. The maximum Gasteiger partial charge on any atom is 0.159 e. The van der Waals surface area contributed by atoms with Crippen molar-refractivity contribution in [2.45, 2.75) is 26.4 Å². The van der Waals surface area contributed by atoms with Gasteiger partial charge in [-0.2, -0.15) is 0 Å². The van der Waals surface area contributed by atoms with Crippen LogP contribution in [0.3, 0.4) is 0 Å². The summed E-state index contributed by atoms with van der Waals surface area (Å²) in [5.41, 5.74) is 1.52. The number of hydrogen-bond acceptors (Lipinski definition) is 3. The molecule has 0 aliphatic heterocycles. The molecular formula is C13H14F2N2S. The molecule has 96 valence electrons. The molecule has 1 aromatic carbocycles. The Morgan fingerprint density at radius 1 is 1.28 bits per heavy atom. The second-order valence-corrected chi connectivity index (χ2v) is 5.17. The van der Waals surface area contributed by atoms with Crippen molar-refractivity contribution in [3.05, 3.63) is 40.9 Å². The number of nitrogens with one attached hydrogen (secondary N) is 1. The summed E-state index contributed by atoms with van der Waals surface area (Å²) >= 11 is 1.43. The quantitative estimate of drug-likeness (QED) is 0.916. The van der Waals surface area contributed by atoms with E-state index in [1.165, 1.54) is 23.5 Å². The minimum absolute atomic E-state index is 0.387. The minimum Gasteiger partial charge on any atom is -0.309 e. The van der Waals surface area contributed by atoms with Crippen molar-refractivity contribution in [3.63, 3.8) is 0 Å². The van der Waals surface area contributed by atoms with Crippen LogP contribution < -0.4 is 5.32 Å². The van der Waals surface area contributed by atoms with Gasteiger partial charge in [-0.05, 0) is 18.2 Å². The first kappa shape index (κ1) is 13.1. The predicted molar refractivity (Wildman–Crippen MR) is 69.4 cm³/mol. The highest BCUT2D eigenvalue weighted by molar-refractivity contribution is 7.13. The molecule has 0 atom stereocenters. The fraction of sp³-hybridized carbons (Fsp3) is 0.308. The standard InChI is InChI=1S/C13H14F2N2S/c1-8(2)16-6-10-7-18-13(17-10)9-3-4-11(14)12(15)5-9/h3-5,7-8,16H,6H2,1-2H3. The normalized spacial score (nSPS) is 11.2. The van der Waals surface area contributed by atoms with Gasteiger partial charge < -0.3 is 5.32 Å². The summed E-state index contributed by atoms with van der Waals surface area (Å²) in [6.45, 7) is 4.79. The van der Waals surface area contributed by atoms with Crippen LogP contribution >= 0.6 is 11.3 Å². The average molecular weight is 268 g/mol. The van der Waals surface area contributed by atoms with Gasteiger partial charge in [0, 0.05) is 23.5 Å². The third-order valence-corrected chi connectivity index (χ3v) is 3.35. The van der Waals surface area contributed by atoms with Crippen molar-refractivity contribution in [3.8, 4) is 10.6 Å². The number of halogens is 2. The molecule has 1 N–H and O–H groups in total. The number of aromatic nitrogens is 1. The summed E-state index contributed by atoms with van der Waals surface area (Å²) < 4.78 is 25.9. The Balaban J connectivity index is 2.16. The fourth-order valence-electron chi connectivity index (χ4n) is 1.46. The van der Waals surface area contributed by atoms with E-state index in [1.54, 1.807) is 0 Å². The summed E-state index contributed by atoms with van der Waals surface area (Å²) in [5, 5.41) is 5.88. The highest BCUT2D eigenvalue weighted by Crippen LogP contribution is 2.25. The van der Waals surface area contributed by atoms with Gasteiger partial charge in [-0.1, -0.05) is 13.8 Å². The van der Waals surface area contributed by atoms with Crippen molar-refractivity contribution in [2.75, 3.05) is 0 Å². The van der Waals surface area contributed by atoms with Crippen molar-refractivity contribution in [2.24, 2.45) is 0 Å². The molecule has 0 aliphatic carbocycles. The smallest absolute Gasteiger partial charge is 0.159 e. The van der Waals surface area contributed by atoms with Crippen LogP contribution in [0.15, 0.2) is 23.6 Å². The minimum atomic E-state index is -0.843. The molecule has 2 rings (SSSR count). The van der Waals surface area contributed by atoms with E-state index in [2.05, 4.69) is 24.1 Å². The number of nitrogens with zero attached hydrogens (tertiary/aromatic N) is 1. The lowest BCUT2D eigenvalue weighted by molar-refractivity contribution is 0.509. The van der Waals surface area contributed by atoms with Crippen LogP contribution in [-0.2, 0) is 6.54 Å². The zero-order valence-electron chi connectivity index (χ0n) is 10.2. The Labute approximate surface area is 109 Å². The Morgan fingerprint density at radius 2 is 2.06 bits per heavy atom. The van der Waals surface area contributed by atoms with Gasteiger partial charge >= 0.3 is 0 Å². The van der Waals surface area contributed by atoms with Crippen molar-refractivity contribution in [1.29, 1.82) is 0 Å². The first-order valence-electron chi connectivity index (χ1n) is 5.69. The highest BCUT2D eigenvalue weighted by atomic mass is 32.1. The molecule has 0 bridgehead atoms. The summed E-state index contributed by atoms with van der Waals surface area (Å²) in [6.07, 6.45) is 0. The molecule has 0 amide bonds. The SMILES string of the molecule is CC(C)NCc1csc(-c2ccc(F)c(F)c2)n1. The Bertz CT molecular complexity index is 538. The second kappa shape index (κ2) is 5.54. The third kappa shape index (κ3) is 3.11. The van der Waals surface area contributed by atoms with E-state index in [4.69, 9.17) is 0 Å². The van der Waals surface area contributed by atoms with Crippen LogP contribution in [0, 0.1) is 11.6 Å². The molecule has 2 nitrogen and oxygen atoms in total. The van der Waals surface area contributed by atoms with Crippen LogP contribution in [0.1, 0.15) is 19.5 Å². The molecule has 0 saturated heterocycles. The molecule has 5 heteroatoms. The number of rotatable bonds is 4. The monoisotopic (exact) mass is 268 g/mol. The topological polar surface area (TPSA) is 24.9 Å². The van der Waals surface area contributed by atoms with Crippen LogP contribution in [-0.4, -0.2) is 11.0 Å². The van der Waals surface area contributed by atoms with Gasteiger partial charge in [0.15, 0.2) is 11.6 Å². The van der Waals surface area contributed by atoms with Gasteiger partial charge in [0.25, 0.3) is 0 Å². The molecule has 1 aromatic heterocycles. The molecule has 0 radical (unpaired) electrons. The van der Waals surface area contributed by atoms with Crippen molar-refractivity contribution < 1.29 is 8.78 Å². The molecule has 1 heterocycles.